The first-order valence-corrected chi connectivity index (χ1v) is 6.60. The highest BCUT2D eigenvalue weighted by Gasteiger charge is 2.27. The Balaban J connectivity index is 0.00000144. The molecule has 0 spiro atoms. The molecule has 104 valence electrons. The number of rotatable bonds is 4. The molecular weight excluding hydrogens is 293 g/mol. The van der Waals surface area contributed by atoms with Gasteiger partial charge in [-0.15, -0.1) is 36.2 Å². The zero-order valence-corrected chi connectivity index (χ0v) is 12.5. The Bertz CT molecular complexity index is 348. The van der Waals surface area contributed by atoms with Gasteiger partial charge in [0, 0.05) is 30.3 Å². The molecule has 7 heteroatoms. The summed E-state index contributed by atoms with van der Waals surface area (Å²) >= 11 is 1.58. The van der Waals surface area contributed by atoms with Crippen LogP contribution < -0.4 is 11.1 Å². The number of carbonyl (C=O) groups is 1. The van der Waals surface area contributed by atoms with Crippen molar-refractivity contribution in [2.75, 3.05) is 6.54 Å². The summed E-state index contributed by atoms with van der Waals surface area (Å²) in [6.07, 6.45) is 3.56. The van der Waals surface area contributed by atoms with Crippen molar-refractivity contribution in [3.8, 4) is 0 Å². The summed E-state index contributed by atoms with van der Waals surface area (Å²) in [6.45, 7) is 0.675. The van der Waals surface area contributed by atoms with Gasteiger partial charge in [0.1, 0.15) is 0 Å². The second-order valence-corrected chi connectivity index (χ2v) is 5.01. The van der Waals surface area contributed by atoms with E-state index < -0.39 is 0 Å². The third-order valence-corrected chi connectivity index (χ3v) is 3.64. The lowest BCUT2D eigenvalue weighted by molar-refractivity contribution is -0.124. The molecule has 3 N–H and O–H groups in total. The van der Waals surface area contributed by atoms with Crippen LogP contribution in [0.2, 0.25) is 0 Å². The second-order valence-electron chi connectivity index (χ2n) is 4.29. The van der Waals surface area contributed by atoms with Crippen LogP contribution in [0.25, 0.3) is 0 Å². The smallest absolute Gasteiger partial charge is 0.223 e. The number of thiazole rings is 1. The van der Waals surface area contributed by atoms with Gasteiger partial charge in [0.2, 0.25) is 5.91 Å². The van der Waals surface area contributed by atoms with Gasteiger partial charge in [0.15, 0.2) is 0 Å². The Hall–Kier alpha value is -0.360. The summed E-state index contributed by atoms with van der Waals surface area (Å²) in [5.74, 6) is 0.286. The van der Waals surface area contributed by atoms with Crippen LogP contribution in [-0.2, 0) is 11.2 Å². The third kappa shape index (κ3) is 5.10. The Morgan fingerprint density at radius 1 is 1.50 bits per heavy atom. The summed E-state index contributed by atoms with van der Waals surface area (Å²) in [5.41, 5.74) is 8.64. The molecule has 0 aromatic carbocycles. The fourth-order valence-electron chi connectivity index (χ4n) is 2.07. The Kier molecular flexibility index (Phi) is 8.52. The van der Waals surface area contributed by atoms with Crippen LogP contribution >= 0.6 is 36.2 Å². The Morgan fingerprint density at radius 2 is 2.28 bits per heavy atom. The number of aromatic nitrogens is 1. The molecule has 2 rings (SSSR count). The molecule has 0 radical (unpaired) electrons. The summed E-state index contributed by atoms with van der Waals surface area (Å²) in [7, 11) is 0. The lowest BCUT2D eigenvalue weighted by atomic mass is 10.1. The molecule has 0 bridgehead atoms. The lowest BCUT2D eigenvalue weighted by Crippen LogP contribution is -2.31. The average molecular weight is 312 g/mol. The van der Waals surface area contributed by atoms with Gasteiger partial charge in [-0.05, 0) is 19.3 Å². The maximum absolute atomic E-state index is 11.7. The molecule has 1 saturated carbocycles. The molecular formula is C11H19Cl2N3OS. The highest BCUT2D eigenvalue weighted by molar-refractivity contribution is 7.07. The van der Waals surface area contributed by atoms with E-state index in [0.717, 1.165) is 31.4 Å². The quantitative estimate of drug-likeness (QED) is 0.890. The minimum Gasteiger partial charge on any atom is -0.355 e. The predicted molar refractivity (Wildman–Crippen MR) is 78.6 cm³/mol. The van der Waals surface area contributed by atoms with E-state index in [9.17, 15) is 4.79 Å². The molecule has 1 aliphatic carbocycles. The van der Waals surface area contributed by atoms with Crippen molar-refractivity contribution in [2.24, 2.45) is 11.7 Å². The molecule has 18 heavy (non-hydrogen) atoms. The van der Waals surface area contributed by atoms with Crippen LogP contribution in [0, 0.1) is 5.92 Å². The molecule has 0 saturated heterocycles. The summed E-state index contributed by atoms with van der Waals surface area (Å²) in [5, 5.41) is 4.97. The summed E-state index contributed by atoms with van der Waals surface area (Å²) < 4.78 is 0. The van der Waals surface area contributed by atoms with E-state index in [0.29, 0.717) is 6.54 Å². The Labute approximate surface area is 124 Å². The minimum absolute atomic E-state index is 0. The fourth-order valence-corrected chi connectivity index (χ4v) is 2.67. The number of carbonyl (C=O) groups excluding carboxylic acids is 1. The molecule has 2 unspecified atom stereocenters. The number of halogens is 2. The van der Waals surface area contributed by atoms with E-state index in [1.165, 1.54) is 0 Å². The van der Waals surface area contributed by atoms with Crippen LogP contribution in [0.1, 0.15) is 25.0 Å². The zero-order valence-electron chi connectivity index (χ0n) is 10.0. The van der Waals surface area contributed by atoms with Gasteiger partial charge in [0.25, 0.3) is 0 Å². The second kappa shape index (κ2) is 8.69. The van der Waals surface area contributed by atoms with Crippen molar-refractivity contribution >= 4 is 42.1 Å². The van der Waals surface area contributed by atoms with Crippen molar-refractivity contribution in [3.05, 3.63) is 16.6 Å². The highest BCUT2D eigenvalue weighted by Crippen LogP contribution is 2.23. The van der Waals surface area contributed by atoms with Gasteiger partial charge in [0.05, 0.1) is 11.2 Å². The standard InChI is InChI=1S/C11H17N3OS.2ClH/c12-9-2-1-8(5-9)11(15)13-4-3-10-6-16-7-14-10;;/h6-9H,1-5,12H2,(H,13,15);2*1H. The van der Waals surface area contributed by atoms with E-state index in [2.05, 4.69) is 10.3 Å². The van der Waals surface area contributed by atoms with Crippen LogP contribution in [0.5, 0.6) is 0 Å². The average Bonchev–Trinajstić information content (AvgIpc) is 2.89. The number of nitrogens with zero attached hydrogens (tertiary/aromatic N) is 1. The molecule has 1 heterocycles. The third-order valence-electron chi connectivity index (χ3n) is 3.01. The minimum atomic E-state index is 0. The van der Waals surface area contributed by atoms with E-state index in [1.54, 1.807) is 11.3 Å². The highest BCUT2D eigenvalue weighted by atomic mass is 35.5. The van der Waals surface area contributed by atoms with Crippen LogP contribution in [-0.4, -0.2) is 23.5 Å². The van der Waals surface area contributed by atoms with Crippen LogP contribution in [0.4, 0.5) is 0 Å². The van der Waals surface area contributed by atoms with Crippen molar-refractivity contribution in [2.45, 2.75) is 31.7 Å². The van der Waals surface area contributed by atoms with E-state index >= 15 is 0 Å². The maximum Gasteiger partial charge on any atom is 0.223 e. The predicted octanol–water partition coefficient (Wildman–Crippen LogP) is 1.77. The van der Waals surface area contributed by atoms with Gasteiger partial charge in [-0.3, -0.25) is 4.79 Å². The molecule has 0 aliphatic heterocycles. The van der Waals surface area contributed by atoms with E-state index in [4.69, 9.17) is 5.73 Å². The normalized spacial score (nSPS) is 21.8. The van der Waals surface area contributed by atoms with E-state index in [1.807, 2.05) is 10.9 Å². The lowest BCUT2D eigenvalue weighted by Gasteiger charge is -2.09. The molecule has 1 aromatic rings. The number of nitrogens with one attached hydrogen (secondary N) is 1. The SMILES string of the molecule is Cl.Cl.NC1CCC(C(=O)NCCc2cscn2)C1. The molecule has 1 aliphatic rings. The monoisotopic (exact) mass is 311 g/mol. The molecule has 4 nitrogen and oxygen atoms in total. The first-order valence-electron chi connectivity index (χ1n) is 5.66. The Morgan fingerprint density at radius 3 is 2.83 bits per heavy atom. The molecule has 2 atom stereocenters. The fraction of sp³-hybridized carbons (Fsp3) is 0.636. The first kappa shape index (κ1) is 17.6. The van der Waals surface area contributed by atoms with Crippen molar-refractivity contribution in [1.82, 2.24) is 10.3 Å². The van der Waals surface area contributed by atoms with Crippen LogP contribution in [0.3, 0.4) is 0 Å². The van der Waals surface area contributed by atoms with E-state index in [-0.39, 0.29) is 42.7 Å². The van der Waals surface area contributed by atoms with Gasteiger partial charge >= 0.3 is 0 Å². The number of hydrogen-bond acceptors (Lipinski definition) is 4. The molecule has 1 aromatic heterocycles. The van der Waals surface area contributed by atoms with Gasteiger partial charge < -0.3 is 11.1 Å². The summed E-state index contributed by atoms with van der Waals surface area (Å²) in [4.78, 5) is 15.9. The first-order chi connectivity index (χ1) is 7.75. The molecule has 1 amide bonds. The van der Waals surface area contributed by atoms with Crippen molar-refractivity contribution in [1.29, 1.82) is 0 Å². The topological polar surface area (TPSA) is 68.0 Å². The number of nitrogens with two attached hydrogens (primary N) is 1. The van der Waals surface area contributed by atoms with Crippen molar-refractivity contribution < 1.29 is 4.79 Å². The molecule has 1 fully saturated rings. The van der Waals surface area contributed by atoms with Crippen LogP contribution in [0.15, 0.2) is 10.9 Å². The maximum atomic E-state index is 11.7. The zero-order chi connectivity index (χ0) is 11.4. The largest absolute Gasteiger partial charge is 0.355 e. The number of amides is 1. The summed E-state index contributed by atoms with van der Waals surface area (Å²) in [6, 6.07) is 0.217. The van der Waals surface area contributed by atoms with Gasteiger partial charge in [-0.25, -0.2) is 4.98 Å². The van der Waals surface area contributed by atoms with Gasteiger partial charge in [-0.2, -0.15) is 0 Å². The number of hydrogen-bond donors (Lipinski definition) is 2. The van der Waals surface area contributed by atoms with Gasteiger partial charge in [-0.1, -0.05) is 0 Å². The van der Waals surface area contributed by atoms with Crippen molar-refractivity contribution in [3.63, 3.8) is 0 Å².